The molecule has 0 radical (unpaired) electrons. The molecular weight excluding hydrogens is 300 g/mol. The van der Waals surface area contributed by atoms with E-state index in [-0.39, 0.29) is 5.91 Å². The Morgan fingerprint density at radius 1 is 1.04 bits per heavy atom. The van der Waals surface area contributed by atoms with Gasteiger partial charge in [-0.2, -0.15) is 0 Å². The Morgan fingerprint density at radius 2 is 1.71 bits per heavy atom. The minimum absolute atomic E-state index is 0.139. The lowest BCUT2D eigenvalue weighted by atomic mass is 10.2. The van der Waals surface area contributed by atoms with E-state index in [4.69, 9.17) is 4.74 Å². The molecule has 0 aliphatic carbocycles. The highest BCUT2D eigenvalue weighted by Crippen LogP contribution is 2.22. The topological polar surface area (TPSA) is 41.6 Å². The number of amides is 1. The van der Waals surface area contributed by atoms with Gasteiger partial charge in [0.1, 0.15) is 5.75 Å². The van der Waals surface area contributed by atoms with E-state index < -0.39 is 0 Å². The molecule has 0 spiro atoms. The van der Waals surface area contributed by atoms with E-state index in [0.717, 1.165) is 30.1 Å². The maximum absolute atomic E-state index is 12.0. The molecule has 2 aromatic carbocycles. The van der Waals surface area contributed by atoms with Gasteiger partial charge in [0.05, 0.1) is 7.11 Å². The predicted molar refractivity (Wildman–Crippen MR) is 98.5 cm³/mol. The number of nitrogens with zero attached hydrogens (tertiary/aromatic N) is 1. The predicted octanol–water partition coefficient (Wildman–Crippen LogP) is 3.95. The van der Waals surface area contributed by atoms with Gasteiger partial charge in [0.25, 0.3) is 0 Å². The molecule has 1 aliphatic heterocycles. The zero-order valence-electron chi connectivity index (χ0n) is 13.9. The summed E-state index contributed by atoms with van der Waals surface area (Å²) in [6, 6.07) is 15.6. The maximum Gasteiger partial charge on any atom is 0.248 e. The third-order valence-corrected chi connectivity index (χ3v) is 4.15. The van der Waals surface area contributed by atoms with E-state index in [1.807, 2.05) is 36.4 Å². The molecule has 124 valence electrons. The van der Waals surface area contributed by atoms with Crippen LogP contribution in [0.15, 0.2) is 54.6 Å². The lowest BCUT2D eigenvalue weighted by molar-refractivity contribution is -0.111. The summed E-state index contributed by atoms with van der Waals surface area (Å²) >= 11 is 0. The van der Waals surface area contributed by atoms with E-state index in [9.17, 15) is 4.79 Å². The second-order valence-electron chi connectivity index (χ2n) is 5.84. The number of nitrogens with one attached hydrogen (secondary N) is 1. The molecule has 4 nitrogen and oxygen atoms in total. The number of hydrogen-bond acceptors (Lipinski definition) is 3. The molecule has 1 aliphatic rings. The smallest absolute Gasteiger partial charge is 0.248 e. The molecule has 1 N–H and O–H groups in total. The summed E-state index contributed by atoms with van der Waals surface area (Å²) in [6.07, 6.45) is 5.84. The van der Waals surface area contributed by atoms with Gasteiger partial charge in [-0.1, -0.05) is 12.1 Å². The average molecular weight is 322 g/mol. The van der Waals surface area contributed by atoms with Gasteiger partial charge in [-0.25, -0.2) is 0 Å². The first kappa shape index (κ1) is 16.1. The fourth-order valence-electron chi connectivity index (χ4n) is 2.80. The SMILES string of the molecule is COc1ccc(/C=C/C(=O)Nc2ccc(N3CCCC3)cc2)cc1. The zero-order chi connectivity index (χ0) is 16.8. The number of rotatable bonds is 5. The lowest BCUT2D eigenvalue weighted by Crippen LogP contribution is -2.17. The average Bonchev–Trinajstić information content (AvgIpc) is 3.16. The van der Waals surface area contributed by atoms with Crippen molar-refractivity contribution >= 4 is 23.4 Å². The molecule has 2 aromatic rings. The largest absolute Gasteiger partial charge is 0.497 e. The highest BCUT2D eigenvalue weighted by molar-refractivity contribution is 6.02. The van der Waals surface area contributed by atoms with Gasteiger partial charge in [-0.3, -0.25) is 4.79 Å². The molecule has 0 saturated carbocycles. The van der Waals surface area contributed by atoms with Gasteiger partial charge >= 0.3 is 0 Å². The van der Waals surface area contributed by atoms with Crippen LogP contribution in [-0.4, -0.2) is 26.1 Å². The van der Waals surface area contributed by atoms with Crippen molar-refractivity contribution in [2.45, 2.75) is 12.8 Å². The summed E-state index contributed by atoms with van der Waals surface area (Å²) in [5, 5.41) is 2.88. The molecular formula is C20H22N2O2. The molecule has 0 aromatic heterocycles. The monoisotopic (exact) mass is 322 g/mol. The van der Waals surface area contributed by atoms with Crippen LogP contribution in [0.25, 0.3) is 6.08 Å². The van der Waals surface area contributed by atoms with Gasteiger partial charge < -0.3 is 15.0 Å². The lowest BCUT2D eigenvalue weighted by Gasteiger charge is -2.17. The van der Waals surface area contributed by atoms with E-state index in [1.54, 1.807) is 13.2 Å². The van der Waals surface area contributed by atoms with Crippen LogP contribution in [0.5, 0.6) is 5.75 Å². The molecule has 3 rings (SSSR count). The molecule has 0 atom stereocenters. The number of carbonyl (C=O) groups excluding carboxylic acids is 1. The Morgan fingerprint density at radius 3 is 2.33 bits per heavy atom. The van der Waals surface area contributed by atoms with Gasteiger partial charge in [-0.05, 0) is 60.9 Å². The molecule has 1 saturated heterocycles. The van der Waals surface area contributed by atoms with E-state index in [1.165, 1.54) is 24.6 Å². The highest BCUT2D eigenvalue weighted by atomic mass is 16.5. The number of ether oxygens (including phenoxy) is 1. The van der Waals surface area contributed by atoms with Gasteiger partial charge in [0, 0.05) is 30.5 Å². The van der Waals surface area contributed by atoms with Gasteiger partial charge in [0.2, 0.25) is 5.91 Å². The third-order valence-electron chi connectivity index (χ3n) is 4.15. The Kier molecular flexibility index (Phi) is 5.16. The third kappa shape index (κ3) is 4.16. The molecule has 24 heavy (non-hydrogen) atoms. The summed E-state index contributed by atoms with van der Waals surface area (Å²) in [5.74, 6) is 0.662. The first-order valence-electron chi connectivity index (χ1n) is 8.23. The summed E-state index contributed by atoms with van der Waals surface area (Å²) in [4.78, 5) is 14.4. The van der Waals surface area contributed by atoms with Crippen molar-refractivity contribution in [3.63, 3.8) is 0 Å². The van der Waals surface area contributed by atoms with Gasteiger partial charge in [0.15, 0.2) is 0 Å². The first-order valence-corrected chi connectivity index (χ1v) is 8.23. The fraction of sp³-hybridized carbons (Fsp3) is 0.250. The summed E-state index contributed by atoms with van der Waals surface area (Å²) in [7, 11) is 1.63. The van der Waals surface area contributed by atoms with E-state index >= 15 is 0 Å². The molecule has 0 unspecified atom stereocenters. The van der Waals surface area contributed by atoms with Crippen molar-refractivity contribution in [2.24, 2.45) is 0 Å². The minimum Gasteiger partial charge on any atom is -0.497 e. The van der Waals surface area contributed by atoms with Crippen LogP contribution in [0, 0.1) is 0 Å². The van der Waals surface area contributed by atoms with Crippen molar-refractivity contribution in [2.75, 3.05) is 30.4 Å². The normalized spacial score (nSPS) is 14.1. The number of hydrogen-bond donors (Lipinski definition) is 1. The van der Waals surface area contributed by atoms with Crippen molar-refractivity contribution in [3.8, 4) is 5.75 Å². The second kappa shape index (κ2) is 7.68. The molecule has 1 fully saturated rings. The van der Waals surface area contributed by atoms with Crippen molar-refractivity contribution in [3.05, 3.63) is 60.2 Å². The van der Waals surface area contributed by atoms with Crippen LogP contribution in [0.2, 0.25) is 0 Å². The van der Waals surface area contributed by atoms with Crippen LogP contribution in [0.3, 0.4) is 0 Å². The van der Waals surface area contributed by atoms with Gasteiger partial charge in [-0.15, -0.1) is 0 Å². The maximum atomic E-state index is 12.0. The Labute approximate surface area is 142 Å². The van der Waals surface area contributed by atoms with E-state index in [2.05, 4.69) is 22.3 Å². The number of benzene rings is 2. The minimum atomic E-state index is -0.139. The van der Waals surface area contributed by atoms with Crippen LogP contribution in [0.4, 0.5) is 11.4 Å². The molecule has 1 amide bonds. The summed E-state index contributed by atoms with van der Waals surface area (Å²) in [5.41, 5.74) is 2.98. The Hall–Kier alpha value is -2.75. The van der Waals surface area contributed by atoms with Crippen molar-refractivity contribution in [1.29, 1.82) is 0 Å². The summed E-state index contributed by atoms with van der Waals surface area (Å²) < 4.78 is 5.11. The molecule has 0 bridgehead atoms. The quantitative estimate of drug-likeness (QED) is 0.848. The van der Waals surface area contributed by atoms with Crippen LogP contribution in [-0.2, 0) is 4.79 Å². The second-order valence-corrected chi connectivity index (χ2v) is 5.84. The number of methoxy groups -OCH3 is 1. The number of carbonyl (C=O) groups is 1. The fourth-order valence-corrected chi connectivity index (χ4v) is 2.80. The van der Waals surface area contributed by atoms with Crippen LogP contribution < -0.4 is 15.0 Å². The van der Waals surface area contributed by atoms with Crippen LogP contribution in [0.1, 0.15) is 18.4 Å². The molecule has 4 heteroatoms. The Balaban J connectivity index is 1.56. The highest BCUT2D eigenvalue weighted by Gasteiger charge is 2.11. The zero-order valence-corrected chi connectivity index (χ0v) is 13.9. The standard InChI is InChI=1S/C20H22N2O2/c1-24-19-11-4-16(5-12-19)6-13-20(23)21-17-7-9-18(10-8-17)22-14-2-3-15-22/h4-13H,2-3,14-15H2,1H3,(H,21,23)/b13-6+. The van der Waals surface area contributed by atoms with Crippen molar-refractivity contribution < 1.29 is 9.53 Å². The molecule has 1 heterocycles. The summed E-state index contributed by atoms with van der Waals surface area (Å²) in [6.45, 7) is 2.24. The van der Waals surface area contributed by atoms with Crippen LogP contribution >= 0.6 is 0 Å². The number of anilines is 2. The Bertz CT molecular complexity index is 699. The van der Waals surface area contributed by atoms with E-state index in [0.29, 0.717) is 0 Å². The first-order chi connectivity index (χ1) is 11.7. The van der Waals surface area contributed by atoms with Crippen molar-refractivity contribution in [1.82, 2.24) is 0 Å².